The third kappa shape index (κ3) is 4.01. The Morgan fingerprint density at radius 1 is 1.42 bits per heavy atom. The van der Waals surface area contributed by atoms with E-state index in [0.717, 1.165) is 36.6 Å². The van der Waals surface area contributed by atoms with Crippen molar-refractivity contribution < 1.29 is 4.79 Å². The van der Waals surface area contributed by atoms with Crippen molar-refractivity contribution in [2.24, 2.45) is 0 Å². The van der Waals surface area contributed by atoms with Crippen LogP contribution < -0.4 is 5.32 Å². The summed E-state index contributed by atoms with van der Waals surface area (Å²) in [4.78, 5) is 18.4. The molecule has 19 heavy (non-hydrogen) atoms. The highest BCUT2D eigenvalue weighted by Crippen LogP contribution is 2.23. The molecule has 4 nitrogen and oxygen atoms in total. The van der Waals surface area contributed by atoms with Gasteiger partial charge in [0.1, 0.15) is 5.01 Å². The summed E-state index contributed by atoms with van der Waals surface area (Å²) in [6.07, 6.45) is 2.29. The normalized spacial score (nSPS) is 16.1. The number of aromatic nitrogens is 1. The second kappa shape index (κ2) is 6.01. The number of thiazole rings is 1. The van der Waals surface area contributed by atoms with Crippen LogP contribution in [-0.2, 0) is 16.8 Å². The Balaban J connectivity index is 1.76. The molecule has 1 amide bonds. The van der Waals surface area contributed by atoms with E-state index in [0.29, 0.717) is 13.1 Å². The summed E-state index contributed by atoms with van der Waals surface area (Å²) in [5, 5.41) is 6.37. The van der Waals surface area contributed by atoms with Crippen LogP contribution in [0.2, 0.25) is 0 Å². The molecule has 0 saturated carbocycles. The Morgan fingerprint density at radius 3 is 2.68 bits per heavy atom. The maximum atomic E-state index is 11.8. The lowest BCUT2D eigenvalue weighted by atomic mass is 9.93. The molecule has 0 radical (unpaired) electrons. The van der Waals surface area contributed by atoms with E-state index in [2.05, 4.69) is 36.5 Å². The van der Waals surface area contributed by atoms with Crippen molar-refractivity contribution in [1.29, 1.82) is 0 Å². The molecule has 1 aromatic rings. The lowest BCUT2D eigenvalue weighted by Crippen LogP contribution is -2.35. The van der Waals surface area contributed by atoms with Gasteiger partial charge in [-0.25, -0.2) is 4.98 Å². The molecule has 0 spiro atoms. The zero-order valence-corrected chi connectivity index (χ0v) is 12.8. The van der Waals surface area contributed by atoms with Crippen LogP contribution in [0.5, 0.6) is 0 Å². The first kappa shape index (κ1) is 14.5. The van der Waals surface area contributed by atoms with Gasteiger partial charge < -0.3 is 10.2 Å². The summed E-state index contributed by atoms with van der Waals surface area (Å²) in [5.41, 5.74) is 1.22. The monoisotopic (exact) mass is 281 g/mol. The maximum Gasteiger partial charge on any atom is 0.236 e. The minimum absolute atomic E-state index is 0.0973. The van der Waals surface area contributed by atoms with E-state index in [9.17, 15) is 4.79 Å². The molecular weight excluding hydrogens is 258 g/mol. The SMILES string of the molecule is CC(C)(C)c1csc(CNCC(=O)N2CCCC2)n1. The van der Waals surface area contributed by atoms with E-state index in [1.807, 2.05) is 4.90 Å². The van der Waals surface area contributed by atoms with Crippen molar-refractivity contribution in [2.75, 3.05) is 19.6 Å². The molecule has 1 aliphatic rings. The fourth-order valence-corrected chi connectivity index (χ4v) is 3.08. The standard InChI is InChI=1S/C14H23N3OS/c1-14(2,3)11-10-19-12(16-11)8-15-9-13(18)17-6-4-5-7-17/h10,15H,4-9H2,1-3H3. The van der Waals surface area contributed by atoms with E-state index in [4.69, 9.17) is 0 Å². The van der Waals surface area contributed by atoms with E-state index in [1.54, 1.807) is 11.3 Å². The van der Waals surface area contributed by atoms with E-state index >= 15 is 0 Å². The van der Waals surface area contributed by atoms with Crippen LogP contribution >= 0.6 is 11.3 Å². The van der Waals surface area contributed by atoms with E-state index < -0.39 is 0 Å². The molecule has 2 heterocycles. The number of nitrogens with one attached hydrogen (secondary N) is 1. The summed E-state index contributed by atoms with van der Waals surface area (Å²) in [6.45, 7) is 9.44. The molecule has 0 aliphatic carbocycles. The Hall–Kier alpha value is -0.940. The summed E-state index contributed by atoms with van der Waals surface area (Å²) in [7, 11) is 0. The average Bonchev–Trinajstić information content (AvgIpc) is 2.99. The summed E-state index contributed by atoms with van der Waals surface area (Å²) < 4.78 is 0. The number of rotatable bonds is 4. The fraction of sp³-hybridized carbons (Fsp3) is 0.714. The molecule has 1 aromatic heterocycles. The Morgan fingerprint density at radius 2 is 2.11 bits per heavy atom. The van der Waals surface area contributed by atoms with Crippen LogP contribution in [0.25, 0.3) is 0 Å². The number of nitrogens with zero attached hydrogens (tertiary/aromatic N) is 2. The first-order valence-electron chi connectivity index (χ1n) is 6.90. The van der Waals surface area contributed by atoms with Gasteiger partial charge in [0, 0.05) is 30.4 Å². The van der Waals surface area contributed by atoms with Gasteiger partial charge in [-0.05, 0) is 12.8 Å². The first-order valence-corrected chi connectivity index (χ1v) is 7.78. The summed E-state index contributed by atoms with van der Waals surface area (Å²) >= 11 is 1.66. The number of amides is 1. The van der Waals surface area contributed by atoms with Crippen molar-refractivity contribution in [3.63, 3.8) is 0 Å². The Labute approximate surface area is 119 Å². The quantitative estimate of drug-likeness (QED) is 0.920. The highest BCUT2D eigenvalue weighted by Gasteiger charge is 2.19. The molecule has 0 unspecified atom stereocenters. The molecule has 2 rings (SSSR count). The molecule has 0 aromatic carbocycles. The lowest BCUT2D eigenvalue weighted by Gasteiger charge is -2.15. The molecule has 1 N–H and O–H groups in total. The minimum atomic E-state index is 0.0973. The second-order valence-corrected chi connectivity index (χ2v) is 7.01. The molecular formula is C14H23N3OS. The Kier molecular flexibility index (Phi) is 4.58. The van der Waals surface area contributed by atoms with Crippen LogP contribution in [0.4, 0.5) is 0 Å². The highest BCUT2D eigenvalue weighted by molar-refractivity contribution is 7.09. The predicted molar refractivity (Wildman–Crippen MR) is 78.3 cm³/mol. The molecule has 1 aliphatic heterocycles. The maximum absolute atomic E-state index is 11.8. The predicted octanol–water partition coefficient (Wildman–Crippen LogP) is 2.15. The number of hydrogen-bond acceptors (Lipinski definition) is 4. The lowest BCUT2D eigenvalue weighted by molar-refractivity contribution is -0.129. The molecule has 5 heteroatoms. The van der Waals surface area contributed by atoms with Crippen LogP contribution in [0.1, 0.15) is 44.3 Å². The smallest absolute Gasteiger partial charge is 0.236 e. The fourth-order valence-electron chi connectivity index (χ4n) is 2.09. The highest BCUT2D eigenvalue weighted by atomic mass is 32.1. The zero-order chi connectivity index (χ0) is 13.9. The van der Waals surface area contributed by atoms with Crippen molar-refractivity contribution in [2.45, 2.75) is 45.6 Å². The molecule has 0 bridgehead atoms. The third-order valence-corrected chi connectivity index (χ3v) is 4.18. The summed E-state index contributed by atoms with van der Waals surface area (Å²) in [6, 6.07) is 0. The molecule has 1 saturated heterocycles. The average molecular weight is 281 g/mol. The zero-order valence-electron chi connectivity index (χ0n) is 12.0. The minimum Gasteiger partial charge on any atom is -0.342 e. The van der Waals surface area contributed by atoms with Crippen molar-refractivity contribution >= 4 is 17.2 Å². The number of likely N-dealkylation sites (tertiary alicyclic amines) is 1. The van der Waals surface area contributed by atoms with E-state index in [-0.39, 0.29) is 11.3 Å². The van der Waals surface area contributed by atoms with Gasteiger partial charge in [-0.15, -0.1) is 11.3 Å². The number of carbonyl (C=O) groups excluding carboxylic acids is 1. The van der Waals surface area contributed by atoms with Gasteiger partial charge in [0.2, 0.25) is 5.91 Å². The number of hydrogen-bond donors (Lipinski definition) is 1. The van der Waals surface area contributed by atoms with Crippen molar-refractivity contribution in [3.05, 3.63) is 16.1 Å². The van der Waals surface area contributed by atoms with Crippen LogP contribution in [0, 0.1) is 0 Å². The largest absolute Gasteiger partial charge is 0.342 e. The van der Waals surface area contributed by atoms with Gasteiger partial charge >= 0.3 is 0 Å². The Bertz CT molecular complexity index is 430. The van der Waals surface area contributed by atoms with Crippen molar-refractivity contribution in [1.82, 2.24) is 15.2 Å². The third-order valence-electron chi connectivity index (χ3n) is 3.33. The van der Waals surface area contributed by atoms with Gasteiger partial charge in [0.25, 0.3) is 0 Å². The van der Waals surface area contributed by atoms with Gasteiger partial charge in [-0.3, -0.25) is 4.79 Å². The van der Waals surface area contributed by atoms with Crippen LogP contribution in [0.3, 0.4) is 0 Å². The first-order chi connectivity index (χ1) is 8.97. The van der Waals surface area contributed by atoms with Gasteiger partial charge in [-0.1, -0.05) is 20.8 Å². The summed E-state index contributed by atoms with van der Waals surface area (Å²) in [5.74, 6) is 0.213. The second-order valence-electron chi connectivity index (χ2n) is 6.07. The molecule has 0 atom stereocenters. The topological polar surface area (TPSA) is 45.2 Å². The van der Waals surface area contributed by atoms with Crippen LogP contribution in [0.15, 0.2) is 5.38 Å². The number of carbonyl (C=O) groups is 1. The van der Waals surface area contributed by atoms with Gasteiger partial charge in [0.05, 0.1) is 12.2 Å². The van der Waals surface area contributed by atoms with E-state index in [1.165, 1.54) is 0 Å². The van der Waals surface area contributed by atoms with Crippen molar-refractivity contribution in [3.8, 4) is 0 Å². The molecule has 1 fully saturated rings. The van der Waals surface area contributed by atoms with Gasteiger partial charge in [0.15, 0.2) is 0 Å². The molecule has 106 valence electrons. The van der Waals surface area contributed by atoms with Crippen LogP contribution in [-0.4, -0.2) is 35.4 Å². The van der Waals surface area contributed by atoms with Gasteiger partial charge in [-0.2, -0.15) is 0 Å².